The molecule has 0 radical (unpaired) electrons. The van der Waals surface area contributed by atoms with Crippen LogP contribution in [0, 0.1) is 13.8 Å². The number of aryl methyl sites for hydroxylation is 2. The van der Waals surface area contributed by atoms with Gasteiger partial charge in [-0.05, 0) is 38.1 Å². The Morgan fingerprint density at radius 2 is 1.38 bits per heavy atom. The molecule has 128 valence electrons. The zero-order valence-electron chi connectivity index (χ0n) is 14.2. The Hall–Kier alpha value is -1.27. The number of benzene rings is 2. The van der Waals surface area contributed by atoms with E-state index < -0.39 is 0 Å². The molecule has 2 aromatic rings. The van der Waals surface area contributed by atoms with Crippen LogP contribution < -0.4 is 0 Å². The topological polar surface area (TPSA) is 35.5 Å². The summed E-state index contributed by atoms with van der Waals surface area (Å²) in [6, 6.07) is 16.4. The van der Waals surface area contributed by atoms with Crippen molar-refractivity contribution in [2.75, 3.05) is 20.5 Å². The Balaban J connectivity index is 2.08. The first-order chi connectivity index (χ1) is 11.6. The molecule has 0 heterocycles. The first-order valence-electron chi connectivity index (χ1n) is 7.64. The first kappa shape index (κ1) is 19.1. The van der Waals surface area contributed by atoms with Gasteiger partial charge in [-0.25, -0.2) is 0 Å². The van der Waals surface area contributed by atoms with Gasteiger partial charge in [-0.3, -0.25) is 4.79 Å². The molecule has 0 saturated heterocycles. The van der Waals surface area contributed by atoms with Gasteiger partial charge in [0.05, 0.1) is 0 Å². The van der Waals surface area contributed by atoms with Crippen LogP contribution in [0.4, 0.5) is 0 Å². The smallest absolute Gasteiger partial charge is 0.182 e. The molecule has 0 unspecified atom stereocenters. The SMILES string of the molecule is COCOCC(=O)C(Sc1ccc(C)cc1)Sc1ccc(C)cc1. The van der Waals surface area contributed by atoms with Crippen molar-refractivity contribution in [3.63, 3.8) is 0 Å². The fourth-order valence-corrected chi connectivity index (χ4v) is 4.27. The Bertz CT molecular complexity index is 591. The number of rotatable bonds is 9. The van der Waals surface area contributed by atoms with Crippen molar-refractivity contribution in [3.05, 3.63) is 59.7 Å². The van der Waals surface area contributed by atoms with Gasteiger partial charge in [0.25, 0.3) is 0 Å². The summed E-state index contributed by atoms with van der Waals surface area (Å²) in [5.74, 6) is 0.0446. The highest BCUT2D eigenvalue weighted by molar-refractivity contribution is 8.18. The van der Waals surface area contributed by atoms with Gasteiger partial charge in [-0.1, -0.05) is 35.4 Å². The molecule has 3 nitrogen and oxygen atoms in total. The van der Waals surface area contributed by atoms with Crippen molar-refractivity contribution in [3.8, 4) is 0 Å². The summed E-state index contributed by atoms with van der Waals surface area (Å²) in [5, 5.41) is 0. The second-order valence-electron chi connectivity index (χ2n) is 5.42. The van der Waals surface area contributed by atoms with Crippen LogP contribution in [0.1, 0.15) is 11.1 Å². The van der Waals surface area contributed by atoms with Gasteiger partial charge < -0.3 is 9.47 Å². The number of ether oxygens (including phenoxy) is 2. The molecule has 0 fully saturated rings. The Morgan fingerprint density at radius 3 is 1.79 bits per heavy atom. The fraction of sp³-hybridized carbons (Fsp3) is 0.316. The maximum Gasteiger partial charge on any atom is 0.182 e. The summed E-state index contributed by atoms with van der Waals surface area (Å²) in [6.45, 7) is 4.28. The van der Waals surface area contributed by atoms with Crippen LogP contribution in [-0.4, -0.2) is 30.9 Å². The number of carbonyl (C=O) groups is 1. The zero-order valence-corrected chi connectivity index (χ0v) is 15.8. The second kappa shape index (κ2) is 9.89. The predicted molar refractivity (Wildman–Crippen MR) is 101 cm³/mol. The number of thioether (sulfide) groups is 2. The average Bonchev–Trinajstić information content (AvgIpc) is 2.58. The normalized spacial score (nSPS) is 11.0. The minimum atomic E-state index is -0.257. The molecule has 2 aromatic carbocycles. The lowest BCUT2D eigenvalue weighted by atomic mass is 10.2. The van der Waals surface area contributed by atoms with Crippen LogP contribution in [-0.2, 0) is 14.3 Å². The molecule has 0 saturated carbocycles. The Morgan fingerprint density at radius 1 is 0.917 bits per heavy atom. The number of Topliss-reactive ketones (excluding diaryl/α,β-unsaturated/α-hetero) is 1. The van der Waals surface area contributed by atoms with E-state index in [4.69, 9.17) is 9.47 Å². The molecule has 0 aliphatic rings. The highest BCUT2D eigenvalue weighted by Crippen LogP contribution is 2.36. The van der Waals surface area contributed by atoms with Crippen molar-refractivity contribution in [1.29, 1.82) is 0 Å². The molecular formula is C19H22O3S2. The first-order valence-corrected chi connectivity index (χ1v) is 9.40. The van der Waals surface area contributed by atoms with Crippen molar-refractivity contribution in [2.45, 2.75) is 28.2 Å². The predicted octanol–water partition coefficient (Wildman–Crippen LogP) is 4.70. The third-order valence-corrected chi connectivity index (χ3v) is 5.86. The number of hydrogen-bond donors (Lipinski definition) is 0. The van der Waals surface area contributed by atoms with E-state index in [2.05, 4.69) is 38.1 Å². The summed E-state index contributed by atoms with van der Waals surface area (Å²) in [5.41, 5.74) is 2.41. The summed E-state index contributed by atoms with van der Waals surface area (Å²) in [6.07, 6.45) is 0. The Labute approximate surface area is 152 Å². The lowest BCUT2D eigenvalue weighted by Gasteiger charge is -2.15. The molecule has 0 spiro atoms. The lowest BCUT2D eigenvalue weighted by Crippen LogP contribution is -2.20. The molecule has 0 bridgehead atoms. The quantitative estimate of drug-likeness (QED) is 0.367. The Kier molecular flexibility index (Phi) is 7.85. The fourth-order valence-electron chi connectivity index (χ4n) is 1.93. The van der Waals surface area contributed by atoms with E-state index in [1.165, 1.54) is 11.1 Å². The molecule has 0 aliphatic carbocycles. The minimum Gasteiger partial charge on any atom is -0.359 e. The lowest BCUT2D eigenvalue weighted by molar-refractivity contribution is -0.126. The van der Waals surface area contributed by atoms with Crippen LogP contribution in [0.25, 0.3) is 0 Å². The second-order valence-corrected chi connectivity index (χ2v) is 8.07. The van der Waals surface area contributed by atoms with E-state index in [0.717, 1.165) is 9.79 Å². The van der Waals surface area contributed by atoms with Gasteiger partial charge in [-0.15, -0.1) is 23.5 Å². The van der Waals surface area contributed by atoms with E-state index in [1.807, 2.05) is 24.3 Å². The van der Waals surface area contributed by atoms with Gasteiger partial charge in [0.15, 0.2) is 5.78 Å². The third-order valence-electron chi connectivity index (χ3n) is 3.24. The van der Waals surface area contributed by atoms with Crippen LogP contribution in [0.5, 0.6) is 0 Å². The van der Waals surface area contributed by atoms with Gasteiger partial charge in [0, 0.05) is 16.9 Å². The molecule has 2 rings (SSSR count). The van der Waals surface area contributed by atoms with Crippen molar-refractivity contribution < 1.29 is 14.3 Å². The van der Waals surface area contributed by atoms with Gasteiger partial charge >= 0.3 is 0 Å². The number of ketones is 1. The van der Waals surface area contributed by atoms with E-state index in [1.54, 1.807) is 30.6 Å². The molecule has 0 atom stereocenters. The van der Waals surface area contributed by atoms with Crippen LogP contribution in [0.3, 0.4) is 0 Å². The van der Waals surface area contributed by atoms with E-state index >= 15 is 0 Å². The maximum absolute atomic E-state index is 12.5. The van der Waals surface area contributed by atoms with Crippen molar-refractivity contribution in [2.24, 2.45) is 0 Å². The molecule has 0 aliphatic heterocycles. The third kappa shape index (κ3) is 6.32. The minimum absolute atomic E-state index is 0.0446. The van der Waals surface area contributed by atoms with Gasteiger partial charge in [0.1, 0.15) is 18.0 Å². The summed E-state index contributed by atoms with van der Waals surface area (Å²) in [7, 11) is 1.55. The van der Waals surface area contributed by atoms with Gasteiger partial charge in [-0.2, -0.15) is 0 Å². The number of hydrogen-bond acceptors (Lipinski definition) is 5. The van der Waals surface area contributed by atoms with E-state index in [9.17, 15) is 4.79 Å². The van der Waals surface area contributed by atoms with Gasteiger partial charge in [0.2, 0.25) is 0 Å². The summed E-state index contributed by atoms with van der Waals surface area (Å²) < 4.78 is 9.83. The zero-order chi connectivity index (χ0) is 17.4. The molecular weight excluding hydrogens is 340 g/mol. The average molecular weight is 363 g/mol. The highest BCUT2D eigenvalue weighted by Gasteiger charge is 2.21. The van der Waals surface area contributed by atoms with Crippen LogP contribution in [0.15, 0.2) is 58.3 Å². The standard InChI is InChI=1S/C19H22O3S2/c1-14-4-8-16(9-5-14)23-19(18(20)12-22-13-21-3)24-17-10-6-15(2)7-11-17/h4-11,19H,12-13H2,1-3H3. The number of methoxy groups -OCH3 is 1. The highest BCUT2D eigenvalue weighted by atomic mass is 32.2. The molecule has 0 amide bonds. The molecule has 0 N–H and O–H groups in total. The maximum atomic E-state index is 12.5. The van der Waals surface area contributed by atoms with E-state index in [0.29, 0.717) is 0 Å². The van der Waals surface area contributed by atoms with E-state index in [-0.39, 0.29) is 23.8 Å². The molecule has 0 aromatic heterocycles. The van der Waals surface area contributed by atoms with Crippen molar-refractivity contribution in [1.82, 2.24) is 0 Å². The largest absolute Gasteiger partial charge is 0.359 e. The molecule has 24 heavy (non-hydrogen) atoms. The summed E-state index contributed by atoms with van der Waals surface area (Å²) >= 11 is 3.11. The monoisotopic (exact) mass is 362 g/mol. The van der Waals surface area contributed by atoms with Crippen LogP contribution in [0.2, 0.25) is 0 Å². The van der Waals surface area contributed by atoms with Crippen LogP contribution >= 0.6 is 23.5 Å². The number of carbonyl (C=O) groups excluding carboxylic acids is 1. The van der Waals surface area contributed by atoms with Crippen molar-refractivity contribution >= 4 is 29.3 Å². The summed E-state index contributed by atoms with van der Waals surface area (Å²) in [4.78, 5) is 14.7. The molecule has 5 heteroatoms.